The van der Waals surface area contributed by atoms with E-state index in [0.717, 1.165) is 0 Å². The first-order chi connectivity index (χ1) is 10.7. The zero-order valence-electron chi connectivity index (χ0n) is 16.0. The van der Waals surface area contributed by atoms with Crippen LogP contribution in [0.15, 0.2) is 0 Å². The number of hydrogen-bond donors (Lipinski definition) is 3. The van der Waals surface area contributed by atoms with Crippen LogP contribution in [-0.4, -0.2) is 59.9 Å². The molecule has 7 nitrogen and oxygen atoms in total. The van der Waals surface area contributed by atoms with Gasteiger partial charge in [-0.1, -0.05) is 41.5 Å². The second-order valence-corrected chi connectivity index (χ2v) is 8.19. The Morgan fingerprint density at radius 2 is 1.58 bits per heavy atom. The second kappa shape index (κ2) is 8.58. The molecule has 0 heterocycles. The van der Waals surface area contributed by atoms with Crippen LogP contribution in [0.1, 0.15) is 48.0 Å². The molecule has 2 atom stereocenters. The molecule has 0 spiro atoms. The van der Waals surface area contributed by atoms with E-state index in [1.807, 2.05) is 0 Å². The lowest BCUT2D eigenvalue weighted by atomic mass is 9.86. The lowest BCUT2D eigenvalue weighted by Gasteiger charge is -2.33. The minimum absolute atomic E-state index is 0.0165. The quantitative estimate of drug-likeness (QED) is 0.615. The van der Waals surface area contributed by atoms with Crippen molar-refractivity contribution in [2.45, 2.75) is 60.1 Å². The Morgan fingerprint density at radius 3 is 1.96 bits per heavy atom. The first kappa shape index (κ1) is 22.5. The Hall–Kier alpha value is -1.47. The Kier molecular flexibility index (Phi) is 8.05. The first-order valence-electron chi connectivity index (χ1n) is 8.18. The van der Waals surface area contributed by atoms with Crippen LogP contribution in [0.3, 0.4) is 0 Å². The van der Waals surface area contributed by atoms with Crippen LogP contribution in [0.4, 0.5) is 0 Å². The van der Waals surface area contributed by atoms with Gasteiger partial charge in [0.1, 0.15) is 11.8 Å². The highest BCUT2D eigenvalue weighted by Gasteiger charge is 2.36. The van der Waals surface area contributed by atoms with Crippen molar-refractivity contribution in [3.05, 3.63) is 0 Å². The van der Waals surface area contributed by atoms with E-state index in [0.29, 0.717) is 0 Å². The highest BCUT2D eigenvalue weighted by atomic mass is 16.3. The third-order valence-electron chi connectivity index (χ3n) is 3.73. The molecule has 7 heteroatoms. The number of ketones is 1. The number of nitrogens with one attached hydrogen (secondary N) is 1. The third-order valence-corrected chi connectivity index (χ3v) is 3.73. The molecule has 0 saturated heterocycles. The molecule has 2 unspecified atom stereocenters. The standard InChI is InChI=1S/C17H33N3O4/c1-16(2,3)13(22)8-12(14(23)19-10-11(21)9-18)20(7)15(24)17(4,5)6/h11-12,21H,8-10,18H2,1-7H3,(H,19,23). The summed E-state index contributed by atoms with van der Waals surface area (Å²) in [6.45, 7) is 10.6. The second-order valence-electron chi connectivity index (χ2n) is 8.19. The summed E-state index contributed by atoms with van der Waals surface area (Å²) in [5.74, 6) is -0.820. The normalized spacial score (nSPS) is 14.7. The van der Waals surface area contributed by atoms with Gasteiger partial charge >= 0.3 is 0 Å². The van der Waals surface area contributed by atoms with Gasteiger partial charge in [0.15, 0.2) is 0 Å². The fourth-order valence-corrected chi connectivity index (χ4v) is 1.98. The average molecular weight is 343 g/mol. The summed E-state index contributed by atoms with van der Waals surface area (Å²) in [6, 6.07) is -0.923. The van der Waals surface area contributed by atoms with Gasteiger partial charge in [-0.05, 0) is 0 Å². The van der Waals surface area contributed by atoms with E-state index >= 15 is 0 Å². The number of carbonyl (C=O) groups is 3. The van der Waals surface area contributed by atoms with Gasteiger partial charge in [0.05, 0.1) is 6.10 Å². The maximum absolute atomic E-state index is 12.5. The van der Waals surface area contributed by atoms with Gasteiger partial charge in [-0.25, -0.2) is 0 Å². The van der Waals surface area contributed by atoms with E-state index in [4.69, 9.17) is 5.73 Å². The molecule has 140 valence electrons. The van der Waals surface area contributed by atoms with Crippen LogP contribution in [-0.2, 0) is 14.4 Å². The third kappa shape index (κ3) is 6.97. The molecule has 0 rings (SSSR count). The zero-order chi connectivity index (χ0) is 19.3. The Balaban J connectivity index is 5.32. The van der Waals surface area contributed by atoms with Crippen molar-refractivity contribution in [3.8, 4) is 0 Å². The average Bonchev–Trinajstić information content (AvgIpc) is 2.45. The monoisotopic (exact) mass is 343 g/mol. The zero-order valence-corrected chi connectivity index (χ0v) is 16.0. The van der Waals surface area contributed by atoms with Gasteiger partial charge in [0, 0.05) is 37.4 Å². The molecule has 0 radical (unpaired) electrons. The summed E-state index contributed by atoms with van der Waals surface area (Å²) in [5.41, 5.74) is 4.04. The maximum atomic E-state index is 12.5. The van der Waals surface area contributed by atoms with Crippen molar-refractivity contribution in [2.75, 3.05) is 20.1 Å². The van der Waals surface area contributed by atoms with Crippen molar-refractivity contribution in [3.63, 3.8) is 0 Å². The topological polar surface area (TPSA) is 113 Å². The number of nitrogens with two attached hydrogens (primary N) is 1. The fourth-order valence-electron chi connectivity index (χ4n) is 1.98. The van der Waals surface area contributed by atoms with E-state index < -0.39 is 28.9 Å². The van der Waals surface area contributed by atoms with Gasteiger partial charge in [0.25, 0.3) is 0 Å². The Labute approximate surface area is 145 Å². The van der Waals surface area contributed by atoms with Crippen LogP contribution >= 0.6 is 0 Å². The molecule has 0 saturated carbocycles. The predicted octanol–water partition coefficient (Wildman–Crippen LogP) is 0.301. The number of aliphatic hydroxyl groups excluding tert-OH is 1. The molecule has 0 bridgehead atoms. The van der Waals surface area contributed by atoms with Crippen LogP contribution in [0.25, 0.3) is 0 Å². The molecule has 2 amide bonds. The van der Waals surface area contributed by atoms with Gasteiger partial charge in [-0.15, -0.1) is 0 Å². The van der Waals surface area contributed by atoms with Crippen molar-refractivity contribution in [1.29, 1.82) is 0 Å². The van der Waals surface area contributed by atoms with Crippen molar-refractivity contribution in [2.24, 2.45) is 16.6 Å². The summed E-state index contributed by atoms with van der Waals surface area (Å²) in [6.07, 6.45) is -0.941. The van der Waals surface area contributed by atoms with Crippen LogP contribution in [0.5, 0.6) is 0 Å². The Morgan fingerprint density at radius 1 is 1.08 bits per heavy atom. The van der Waals surface area contributed by atoms with Gasteiger partial charge in [0.2, 0.25) is 11.8 Å². The largest absolute Gasteiger partial charge is 0.390 e. The molecule has 0 fully saturated rings. The number of likely N-dealkylation sites (N-methyl/N-ethyl adjacent to an activating group) is 1. The summed E-state index contributed by atoms with van der Waals surface area (Å²) in [4.78, 5) is 38.7. The predicted molar refractivity (Wildman–Crippen MR) is 93.2 cm³/mol. The van der Waals surface area contributed by atoms with Gasteiger partial charge < -0.3 is 21.1 Å². The lowest BCUT2D eigenvalue weighted by Crippen LogP contribution is -2.53. The van der Waals surface area contributed by atoms with E-state index in [2.05, 4.69) is 5.32 Å². The highest BCUT2D eigenvalue weighted by molar-refractivity contribution is 5.94. The number of amides is 2. The molecule has 0 aromatic rings. The lowest BCUT2D eigenvalue weighted by molar-refractivity contribution is -0.147. The van der Waals surface area contributed by atoms with Crippen molar-refractivity contribution in [1.82, 2.24) is 10.2 Å². The molecular weight excluding hydrogens is 310 g/mol. The fraction of sp³-hybridized carbons (Fsp3) is 0.824. The van der Waals surface area contributed by atoms with Crippen molar-refractivity contribution < 1.29 is 19.5 Å². The van der Waals surface area contributed by atoms with Crippen molar-refractivity contribution >= 4 is 17.6 Å². The minimum atomic E-state index is -0.923. The number of rotatable bonds is 7. The van der Waals surface area contributed by atoms with E-state index in [9.17, 15) is 19.5 Å². The van der Waals surface area contributed by atoms with E-state index in [-0.39, 0.29) is 31.2 Å². The summed E-state index contributed by atoms with van der Waals surface area (Å²) in [5, 5.41) is 12.1. The molecular formula is C17H33N3O4. The number of nitrogens with zero attached hydrogens (tertiary/aromatic N) is 1. The molecule has 0 aromatic heterocycles. The summed E-state index contributed by atoms with van der Waals surface area (Å²) < 4.78 is 0. The maximum Gasteiger partial charge on any atom is 0.243 e. The smallest absolute Gasteiger partial charge is 0.243 e. The summed E-state index contributed by atoms with van der Waals surface area (Å²) in [7, 11) is 1.52. The number of aliphatic hydroxyl groups is 1. The van der Waals surface area contributed by atoms with Gasteiger partial charge in [-0.3, -0.25) is 14.4 Å². The van der Waals surface area contributed by atoms with Gasteiger partial charge in [-0.2, -0.15) is 0 Å². The van der Waals surface area contributed by atoms with Crippen LogP contribution in [0.2, 0.25) is 0 Å². The first-order valence-corrected chi connectivity index (χ1v) is 8.18. The summed E-state index contributed by atoms with van der Waals surface area (Å²) >= 11 is 0. The minimum Gasteiger partial charge on any atom is -0.390 e. The molecule has 0 aliphatic carbocycles. The molecule has 4 N–H and O–H groups in total. The number of carbonyl (C=O) groups excluding carboxylic acids is 3. The molecule has 0 aliphatic heterocycles. The highest BCUT2D eigenvalue weighted by Crippen LogP contribution is 2.23. The number of Topliss-reactive ketones (excluding diaryl/α,β-unsaturated/α-hetero) is 1. The van der Waals surface area contributed by atoms with E-state index in [1.165, 1.54) is 11.9 Å². The Bertz CT molecular complexity index is 463. The molecule has 24 heavy (non-hydrogen) atoms. The molecule has 0 aromatic carbocycles. The molecule has 0 aliphatic rings. The van der Waals surface area contributed by atoms with Crippen LogP contribution < -0.4 is 11.1 Å². The van der Waals surface area contributed by atoms with Crippen LogP contribution in [0, 0.1) is 10.8 Å². The number of hydrogen-bond acceptors (Lipinski definition) is 5. The SMILES string of the molecule is CN(C(=O)C(C)(C)C)C(CC(=O)C(C)(C)C)C(=O)NCC(O)CN. The van der Waals surface area contributed by atoms with E-state index in [1.54, 1.807) is 41.5 Å².